The van der Waals surface area contributed by atoms with Gasteiger partial charge in [0, 0.05) is 5.69 Å². The van der Waals surface area contributed by atoms with Crippen molar-refractivity contribution in [2.75, 3.05) is 5.73 Å². The maximum Gasteiger partial charge on any atom is 0.0314 e. The molecule has 0 spiro atoms. The quantitative estimate of drug-likeness (QED) is 0.570. The Balaban J connectivity index is -0.000000213. The molecule has 1 aromatic carbocycles. The van der Waals surface area contributed by atoms with Gasteiger partial charge in [-0.25, -0.2) is 0 Å². The Morgan fingerprint density at radius 2 is 1.27 bits per heavy atom. The van der Waals surface area contributed by atoms with Crippen LogP contribution in [0.5, 0.6) is 0 Å². The van der Waals surface area contributed by atoms with Gasteiger partial charge in [-0.2, -0.15) is 0 Å². The molecule has 0 amide bonds. The number of anilines is 1. The van der Waals surface area contributed by atoms with Crippen LogP contribution in [-0.4, -0.2) is 0 Å². The summed E-state index contributed by atoms with van der Waals surface area (Å²) in [6.45, 7) is 2.04. The van der Waals surface area contributed by atoms with Crippen molar-refractivity contribution in [1.82, 2.24) is 0 Å². The minimum absolute atomic E-state index is 0. The average Bonchev–Trinajstić information content (AvgIpc) is 1.77. The summed E-state index contributed by atoms with van der Waals surface area (Å²) in [4.78, 5) is 0. The summed E-state index contributed by atoms with van der Waals surface area (Å²) >= 11 is 0. The van der Waals surface area contributed by atoms with Crippen molar-refractivity contribution < 1.29 is 0 Å². The van der Waals surface area contributed by atoms with Crippen molar-refractivity contribution >= 4 is 5.69 Å². The zero-order chi connectivity index (χ0) is 5.98. The fraction of sp³-hybridized carbons (Fsp3) is 0.400. The average molecular weight is 155 g/mol. The zero-order valence-electron chi connectivity index (χ0n) is 4.89. The van der Waals surface area contributed by atoms with Gasteiger partial charge < -0.3 is 5.73 Å². The predicted molar refractivity (Wildman–Crippen MR) is 55.8 cm³/mol. The Morgan fingerprint density at radius 3 is 1.55 bits per heavy atom. The van der Waals surface area contributed by atoms with Gasteiger partial charge in [0.25, 0.3) is 0 Å². The molecule has 0 bridgehead atoms. The smallest absolute Gasteiger partial charge is 0.0314 e. The molecule has 1 heteroatoms. The second kappa shape index (κ2) is 7.13. The van der Waals surface area contributed by atoms with Gasteiger partial charge in [-0.3, -0.25) is 0 Å². The van der Waals surface area contributed by atoms with E-state index >= 15 is 0 Å². The summed E-state index contributed by atoms with van der Waals surface area (Å²) in [6.07, 6.45) is 0. The Bertz CT molecular complexity index is 144. The minimum Gasteiger partial charge on any atom is -0.399 e. The van der Waals surface area contributed by atoms with Crippen LogP contribution < -0.4 is 5.73 Å². The monoisotopic (exact) mass is 155 g/mol. The Morgan fingerprint density at radius 1 is 0.909 bits per heavy atom. The number of nitrogens with two attached hydrogens (primary N) is 1. The van der Waals surface area contributed by atoms with Gasteiger partial charge in [-0.15, -0.1) is 0 Å². The van der Waals surface area contributed by atoms with Gasteiger partial charge in [0.05, 0.1) is 0 Å². The topological polar surface area (TPSA) is 26.0 Å². The normalized spacial score (nSPS) is 6.64. The molecule has 0 unspecified atom stereocenters. The molecule has 0 aromatic heterocycles. The molecule has 2 N–H and O–H groups in total. The molecule has 0 aliphatic carbocycles. The van der Waals surface area contributed by atoms with Crippen molar-refractivity contribution in [3.63, 3.8) is 0 Å². The van der Waals surface area contributed by atoms with Crippen molar-refractivity contribution in [1.29, 1.82) is 0 Å². The molecule has 0 saturated heterocycles. The number of benzene rings is 1. The van der Waals surface area contributed by atoms with E-state index in [9.17, 15) is 0 Å². The summed E-state index contributed by atoms with van der Waals surface area (Å²) in [5.74, 6) is 0. The Labute approximate surface area is 71.2 Å². The number of hydrogen-bond donors (Lipinski definition) is 1. The second-order valence-corrected chi connectivity index (χ2v) is 1.91. The van der Waals surface area contributed by atoms with E-state index in [1.165, 1.54) is 5.56 Å². The lowest BCUT2D eigenvalue weighted by Crippen LogP contribution is -1.81. The number of hydrogen-bond acceptors (Lipinski definition) is 1. The van der Waals surface area contributed by atoms with E-state index in [-0.39, 0.29) is 22.3 Å². The van der Waals surface area contributed by atoms with Gasteiger partial charge in [0.2, 0.25) is 0 Å². The molecule has 11 heavy (non-hydrogen) atoms. The molecule has 0 radical (unpaired) electrons. The van der Waals surface area contributed by atoms with Gasteiger partial charge in [-0.1, -0.05) is 40.0 Å². The van der Waals surface area contributed by atoms with Crippen molar-refractivity contribution in [3.8, 4) is 0 Å². The first-order valence-corrected chi connectivity index (χ1v) is 2.61. The molecular weight excluding hydrogens is 134 g/mol. The van der Waals surface area contributed by atoms with Gasteiger partial charge >= 0.3 is 0 Å². The van der Waals surface area contributed by atoms with E-state index < -0.39 is 0 Å². The lowest BCUT2D eigenvalue weighted by molar-refractivity contribution is 1.47. The summed E-state index contributed by atoms with van der Waals surface area (Å²) in [5.41, 5.74) is 7.51. The molecule has 0 aliphatic rings. The summed E-state index contributed by atoms with van der Waals surface area (Å²) < 4.78 is 0. The van der Waals surface area contributed by atoms with Crippen LogP contribution in [0.3, 0.4) is 0 Å². The Kier molecular flexibility index (Phi) is 10.7. The van der Waals surface area contributed by atoms with Gasteiger partial charge in [0.15, 0.2) is 0 Å². The number of nitrogen functional groups attached to an aromatic ring is 1. The van der Waals surface area contributed by atoms with Crippen LogP contribution in [0.2, 0.25) is 0 Å². The van der Waals surface area contributed by atoms with E-state index in [4.69, 9.17) is 5.73 Å². The van der Waals surface area contributed by atoms with Crippen LogP contribution >= 0.6 is 0 Å². The third kappa shape index (κ3) is 5.46. The first kappa shape index (κ1) is 16.5. The van der Waals surface area contributed by atoms with Crippen molar-refractivity contribution in [2.45, 2.75) is 29.2 Å². The van der Waals surface area contributed by atoms with Gasteiger partial charge in [0.1, 0.15) is 0 Å². The van der Waals surface area contributed by atoms with E-state index in [0.717, 1.165) is 5.69 Å². The first-order chi connectivity index (χ1) is 3.79. The van der Waals surface area contributed by atoms with Crippen LogP contribution in [0.1, 0.15) is 27.8 Å². The highest BCUT2D eigenvalue weighted by Crippen LogP contribution is 2.02. The molecule has 0 heterocycles. The van der Waals surface area contributed by atoms with Crippen molar-refractivity contribution in [3.05, 3.63) is 29.8 Å². The predicted octanol–water partition coefficient (Wildman–Crippen LogP) is 3.49. The summed E-state index contributed by atoms with van der Waals surface area (Å²) in [7, 11) is 0. The highest BCUT2D eigenvalue weighted by Gasteiger charge is 1.80. The summed E-state index contributed by atoms with van der Waals surface area (Å²) in [6, 6.07) is 7.79. The lowest BCUT2D eigenvalue weighted by Gasteiger charge is -1.90. The SMILES string of the molecule is C.C.C.Cc1ccc(N)cc1. The highest BCUT2D eigenvalue weighted by atomic mass is 14.5. The van der Waals surface area contributed by atoms with E-state index in [2.05, 4.69) is 0 Å². The fourth-order valence-corrected chi connectivity index (χ4v) is 0.566. The van der Waals surface area contributed by atoms with E-state index in [1.807, 2.05) is 31.2 Å². The number of rotatable bonds is 0. The number of aryl methyl sites for hydroxylation is 1. The van der Waals surface area contributed by atoms with Crippen LogP contribution in [-0.2, 0) is 0 Å². The molecule has 1 nitrogen and oxygen atoms in total. The standard InChI is InChI=1S/C7H9N.3CH4/c1-6-2-4-7(8)5-3-6;;;/h2-5H,8H2,1H3;3*1H4. The molecule has 0 aliphatic heterocycles. The van der Waals surface area contributed by atoms with Crippen molar-refractivity contribution in [2.24, 2.45) is 0 Å². The van der Waals surface area contributed by atoms with Crippen LogP contribution in [0.4, 0.5) is 5.69 Å². The van der Waals surface area contributed by atoms with Crippen LogP contribution in [0.25, 0.3) is 0 Å². The molecule has 0 saturated carbocycles. The molecule has 1 rings (SSSR count). The van der Waals surface area contributed by atoms with Gasteiger partial charge in [-0.05, 0) is 19.1 Å². The molecular formula is C10H21N. The second-order valence-electron chi connectivity index (χ2n) is 1.91. The van der Waals surface area contributed by atoms with Crippen LogP contribution in [0, 0.1) is 6.92 Å². The lowest BCUT2D eigenvalue weighted by atomic mass is 10.2. The molecule has 66 valence electrons. The minimum atomic E-state index is 0. The summed E-state index contributed by atoms with van der Waals surface area (Å²) in [5, 5.41) is 0. The van der Waals surface area contributed by atoms with E-state index in [1.54, 1.807) is 0 Å². The Hall–Kier alpha value is -0.980. The van der Waals surface area contributed by atoms with Crippen LogP contribution in [0.15, 0.2) is 24.3 Å². The third-order valence-electron chi connectivity index (χ3n) is 1.08. The third-order valence-corrected chi connectivity index (χ3v) is 1.08. The largest absolute Gasteiger partial charge is 0.399 e. The zero-order valence-corrected chi connectivity index (χ0v) is 4.89. The fourth-order valence-electron chi connectivity index (χ4n) is 0.566. The molecule has 0 fully saturated rings. The molecule has 1 aromatic rings. The maximum atomic E-state index is 5.43. The molecule has 0 atom stereocenters. The maximum absolute atomic E-state index is 5.43. The highest BCUT2D eigenvalue weighted by molar-refractivity contribution is 5.38. The van der Waals surface area contributed by atoms with E-state index in [0.29, 0.717) is 0 Å². The first-order valence-electron chi connectivity index (χ1n) is 2.61.